The van der Waals surface area contributed by atoms with Crippen molar-refractivity contribution in [2.24, 2.45) is 0 Å². The van der Waals surface area contributed by atoms with Gasteiger partial charge in [0.2, 0.25) is 5.91 Å². The van der Waals surface area contributed by atoms with Gasteiger partial charge in [-0.1, -0.05) is 29.3 Å². The van der Waals surface area contributed by atoms with Gasteiger partial charge in [-0.25, -0.2) is 4.79 Å². The summed E-state index contributed by atoms with van der Waals surface area (Å²) in [4.78, 5) is 24.5. The molecule has 3 aromatic rings. The lowest BCUT2D eigenvalue weighted by Gasteiger charge is -2.15. The van der Waals surface area contributed by atoms with Gasteiger partial charge in [-0.05, 0) is 52.6 Å². The SMILES string of the molecule is CC(NC(=O)Cn1nnn(-c2cccs2)c1=O)c1ccc(Cl)cc1Cl. The van der Waals surface area contributed by atoms with E-state index in [-0.39, 0.29) is 18.5 Å². The molecule has 0 fully saturated rings. The number of nitrogens with zero attached hydrogens (tertiary/aromatic N) is 4. The van der Waals surface area contributed by atoms with Gasteiger partial charge in [-0.15, -0.1) is 11.3 Å². The largest absolute Gasteiger partial charge is 0.369 e. The standard InChI is InChI=1S/C15H13Cl2N5O2S/c1-9(11-5-4-10(16)7-12(11)17)18-13(23)8-21-15(24)22(20-19-21)14-3-2-6-25-14/h2-7,9H,8H2,1H3,(H,18,23). The van der Waals surface area contributed by atoms with Crippen LogP contribution in [-0.4, -0.2) is 25.7 Å². The predicted octanol–water partition coefficient (Wildman–Crippen LogP) is 2.67. The maximum Gasteiger partial charge on any atom is 0.369 e. The molecule has 0 aliphatic heterocycles. The van der Waals surface area contributed by atoms with Gasteiger partial charge in [0.25, 0.3) is 0 Å². The number of hydrogen-bond donors (Lipinski definition) is 1. The van der Waals surface area contributed by atoms with Crippen LogP contribution in [0, 0.1) is 0 Å². The molecule has 25 heavy (non-hydrogen) atoms. The third-order valence-electron chi connectivity index (χ3n) is 3.45. The second-order valence-corrected chi connectivity index (χ2v) is 7.01. The first-order valence-corrected chi connectivity index (χ1v) is 8.90. The summed E-state index contributed by atoms with van der Waals surface area (Å²) in [6, 6.07) is 8.25. The van der Waals surface area contributed by atoms with Gasteiger partial charge in [0.1, 0.15) is 11.5 Å². The Morgan fingerprint density at radius 2 is 2.12 bits per heavy atom. The van der Waals surface area contributed by atoms with Gasteiger partial charge in [0.15, 0.2) is 0 Å². The lowest BCUT2D eigenvalue weighted by atomic mass is 10.1. The first-order valence-electron chi connectivity index (χ1n) is 7.26. The molecule has 0 aliphatic carbocycles. The van der Waals surface area contributed by atoms with Crippen LogP contribution in [0.1, 0.15) is 18.5 Å². The van der Waals surface area contributed by atoms with Crippen molar-refractivity contribution >= 4 is 40.4 Å². The van der Waals surface area contributed by atoms with Crippen molar-refractivity contribution in [2.45, 2.75) is 19.5 Å². The Hall–Kier alpha value is -2.16. The van der Waals surface area contributed by atoms with Gasteiger partial charge in [-0.2, -0.15) is 9.36 Å². The van der Waals surface area contributed by atoms with E-state index in [0.717, 1.165) is 14.9 Å². The highest BCUT2D eigenvalue weighted by Crippen LogP contribution is 2.26. The second kappa shape index (κ2) is 7.38. The Morgan fingerprint density at radius 3 is 2.80 bits per heavy atom. The highest BCUT2D eigenvalue weighted by Gasteiger charge is 2.16. The number of carbonyl (C=O) groups excluding carboxylic acids is 1. The molecule has 2 heterocycles. The van der Waals surface area contributed by atoms with E-state index in [9.17, 15) is 9.59 Å². The highest BCUT2D eigenvalue weighted by molar-refractivity contribution is 7.12. The molecule has 10 heteroatoms. The summed E-state index contributed by atoms with van der Waals surface area (Å²) in [5.41, 5.74) is 0.254. The van der Waals surface area contributed by atoms with Crippen LogP contribution >= 0.6 is 34.5 Å². The van der Waals surface area contributed by atoms with Crippen LogP contribution in [0.4, 0.5) is 0 Å². The van der Waals surface area contributed by atoms with E-state index in [1.807, 2.05) is 5.38 Å². The Morgan fingerprint density at radius 1 is 1.32 bits per heavy atom. The third-order valence-corrected chi connectivity index (χ3v) is 4.86. The molecule has 1 N–H and O–H groups in total. The zero-order valence-corrected chi connectivity index (χ0v) is 15.3. The highest BCUT2D eigenvalue weighted by atomic mass is 35.5. The van der Waals surface area contributed by atoms with Crippen LogP contribution in [0.3, 0.4) is 0 Å². The molecule has 0 saturated carbocycles. The fourth-order valence-corrected chi connectivity index (χ4v) is 3.50. The Kier molecular flexibility index (Phi) is 5.22. The topological polar surface area (TPSA) is 81.8 Å². The van der Waals surface area contributed by atoms with Crippen LogP contribution in [0.2, 0.25) is 10.0 Å². The van der Waals surface area contributed by atoms with Crippen LogP contribution in [-0.2, 0) is 11.3 Å². The molecule has 1 aromatic carbocycles. The van der Waals surface area contributed by atoms with Crippen molar-refractivity contribution in [3.05, 3.63) is 61.8 Å². The maximum absolute atomic E-state index is 12.2. The van der Waals surface area contributed by atoms with Gasteiger partial charge >= 0.3 is 5.69 Å². The van der Waals surface area contributed by atoms with E-state index in [4.69, 9.17) is 23.2 Å². The minimum absolute atomic E-state index is 0.236. The number of thiophene rings is 1. The summed E-state index contributed by atoms with van der Waals surface area (Å²) in [5.74, 6) is -0.376. The summed E-state index contributed by atoms with van der Waals surface area (Å²) in [6.45, 7) is 1.55. The Balaban J connectivity index is 1.70. The molecular weight excluding hydrogens is 385 g/mol. The van der Waals surface area contributed by atoms with E-state index < -0.39 is 5.69 Å². The summed E-state index contributed by atoms with van der Waals surface area (Å²) in [5, 5.41) is 13.7. The first kappa shape index (κ1) is 17.7. The quantitative estimate of drug-likeness (QED) is 0.717. The molecule has 130 valence electrons. The number of hydrogen-bond acceptors (Lipinski definition) is 5. The van der Waals surface area contributed by atoms with E-state index in [1.165, 1.54) is 11.3 Å². The number of tetrazole rings is 1. The Labute approximate surface area is 156 Å². The van der Waals surface area contributed by atoms with Gasteiger partial charge in [-0.3, -0.25) is 4.79 Å². The van der Waals surface area contributed by atoms with Crippen molar-refractivity contribution in [1.29, 1.82) is 0 Å². The van der Waals surface area contributed by atoms with Crippen molar-refractivity contribution in [1.82, 2.24) is 25.1 Å². The van der Waals surface area contributed by atoms with E-state index in [2.05, 4.69) is 15.7 Å². The second-order valence-electron chi connectivity index (χ2n) is 5.24. The minimum Gasteiger partial charge on any atom is -0.348 e. The first-order chi connectivity index (χ1) is 12.0. The fraction of sp³-hybridized carbons (Fsp3) is 0.200. The maximum atomic E-state index is 12.2. The number of rotatable bonds is 5. The summed E-state index contributed by atoms with van der Waals surface area (Å²) < 4.78 is 2.16. The lowest BCUT2D eigenvalue weighted by molar-refractivity contribution is -0.122. The lowest BCUT2D eigenvalue weighted by Crippen LogP contribution is -2.34. The molecule has 0 bridgehead atoms. The molecule has 0 radical (unpaired) electrons. The van der Waals surface area contributed by atoms with Crippen LogP contribution in [0.25, 0.3) is 5.00 Å². The molecule has 0 aliphatic rings. The number of benzene rings is 1. The zero-order valence-electron chi connectivity index (χ0n) is 13.0. The van der Waals surface area contributed by atoms with Crippen molar-refractivity contribution in [2.75, 3.05) is 0 Å². The third kappa shape index (κ3) is 3.92. The van der Waals surface area contributed by atoms with E-state index in [0.29, 0.717) is 15.0 Å². The number of aromatic nitrogens is 4. The summed E-state index contributed by atoms with van der Waals surface area (Å²) in [6.07, 6.45) is 0. The van der Waals surface area contributed by atoms with E-state index in [1.54, 1.807) is 37.3 Å². The van der Waals surface area contributed by atoms with Crippen LogP contribution in [0.15, 0.2) is 40.5 Å². The van der Waals surface area contributed by atoms with Gasteiger partial charge in [0, 0.05) is 10.0 Å². The molecular formula is C15H13Cl2N5O2S. The van der Waals surface area contributed by atoms with Crippen molar-refractivity contribution in [3.63, 3.8) is 0 Å². The number of nitrogens with one attached hydrogen (secondary N) is 1. The number of halogens is 2. The monoisotopic (exact) mass is 397 g/mol. The number of carbonyl (C=O) groups is 1. The molecule has 2 aromatic heterocycles. The van der Waals surface area contributed by atoms with Crippen LogP contribution in [0.5, 0.6) is 0 Å². The summed E-state index contributed by atoms with van der Waals surface area (Å²) in [7, 11) is 0. The molecule has 0 spiro atoms. The normalized spacial score (nSPS) is 12.1. The minimum atomic E-state index is -0.477. The van der Waals surface area contributed by atoms with Crippen molar-refractivity contribution < 1.29 is 4.79 Å². The van der Waals surface area contributed by atoms with Crippen LogP contribution < -0.4 is 11.0 Å². The molecule has 0 saturated heterocycles. The molecule has 7 nitrogen and oxygen atoms in total. The fourth-order valence-electron chi connectivity index (χ4n) is 2.26. The molecule has 1 amide bonds. The van der Waals surface area contributed by atoms with E-state index >= 15 is 0 Å². The predicted molar refractivity (Wildman–Crippen MR) is 96.5 cm³/mol. The molecule has 1 unspecified atom stereocenters. The molecule has 1 atom stereocenters. The smallest absolute Gasteiger partial charge is 0.348 e. The average Bonchev–Trinajstić information content (AvgIpc) is 3.18. The average molecular weight is 398 g/mol. The van der Waals surface area contributed by atoms with Crippen molar-refractivity contribution in [3.8, 4) is 5.00 Å². The van der Waals surface area contributed by atoms with Gasteiger partial charge in [0.05, 0.1) is 6.04 Å². The van der Waals surface area contributed by atoms with Gasteiger partial charge < -0.3 is 5.32 Å². The Bertz CT molecular complexity index is 951. The number of amides is 1. The zero-order chi connectivity index (χ0) is 18.0. The summed E-state index contributed by atoms with van der Waals surface area (Å²) >= 11 is 13.4. The molecule has 3 rings (SSSR count).